The maximum absolute atomic E-state index is 13.6. The summed E-state index contributed by atoms with van der Waals surface area (Å²) < 4.78 is 1.89. The number of piperidine rings is 1. The van der Waals surface area contributed by atoms with Gasteiger partial charge >= 0.3 is 0 Å². The zero-order valence-electron chi connectivity index (χ0n) is 19.4. The molecule has 32 heavy (non-hydrogen) atoms. The lowest BCUT2D eigenvalue weighted by molar-refractivity contribution is -0.119. The van der Waals surface area contributed by atoms with Gasteiger partial charge in [-0.15, -0.1) is 11.3 Å². The van der Waals surface area contributed by atoms with Crippen LogP contribution in [0.15, 0.2) is 18.3 Å². The van der Waals surface area contributed by atoms with E-state index in [0.717, 1.165) is 35.1 Å². The molecule has 0 atom stereocenters. The summed E-state index contributed by atoms with van der Waals surface area (Å²) in [7, 11) is 0. The summed E-state index contributed by atoms with van der Waals surface area (Å²) in [5, 5.41) is 8.25. The van der Waals surface area contributed by atoms with Crippen molar-refractivity contribution in [3.8, 4) is 11.3 Å². The van der Waals surface area contributed by atoms with Crippen molar-refractivity contribution >= 4 is 34.2 Å². The number of amides is 2. The number of hydrogen-bond donors (Lipinski definition) is 1. The molecule has 1 aliphatic rings. The molecule has 8 heteroatoms. The molecular formula is C24H31N5O2S. The standard InChI is InChI=1S/C24H31N5O2S/c1-14(2)29-23-21(13-26-29)20(11-22(27-23)19-10-15(3)32-16(19)4)24(31)28-8-6-18(7-9-28)12-25-17(5)30/h10-11,13-14,18H,6-9,12H2,1-5H3,(H,25,30). The van der Waals surface area contributed by atoms with E-state index in [2.05, 4.69) is 44.2 Å². The fraction of sp³-hybridized carbons (Fsp3) is 0.500. The van der Waals surface area contributed by atoms with Crippen molar-refractivity contribution in [3.63, 3.8) is 0 Å². The number of aromatic nitrogens is 3. The van der Waals surface area contributed by atoms with Gasteiger partial charge in [-0.3, -0.25) is 9.59 Å². The molecule has 0 aliphatic carbocycles. The lowest BCUT2D eigenvalue weighted by Crippen LogP contribution is -2.41. The summed E-state index contributed by atoms with van der Waals surface area (Å²) in [6.45, 7) is 11.9. The number of likely N-dealkylation sites (tertiary alicyclic amines) is 1. The van der Waals surface area contributed by atoms with Gasteiger partial charge in [-0.25, -0.2) is 9.67 Å². The molecule has 0 spiro atoms. The number of rotatable bonds is 5. The van der Waals surface area contributed by atoms with E-state index in [1.807, 2.05) is 15.6 Å². The largest absolute Gasteiger partial charge is 0.356 e. The van der Waals surface area contributed by atoms with E-state index < -0.39 is 0 Å². The highest BCUT2D eigenvalue weighted by molar-refractivity contribution is 7.12. The Balaban J connectivity index is 1.68. The number of thiophene rings is 1. The highest BCUT2D eigenvalue weighted by atomic mass is 32.1. The van der Waals surface area contributed by atoms with Gasteiger partial charge in [0, 0.05) is 47.9 Å². The van der Waals surface area contributed by atoms with Gasteiger partial charge in [-0.2, -0.15) is 5.10 Å². The third-order valence-electron chi connectivity index (χ3n) is 6.14. The number of nitrogens with one attached hydrogen (secondary N) is 1. The molecule has 0 radical (unpaired) electrons. The third kappa shape index (κ3) is 4.41. The molecule has 170 valence electrons. The predicted molar refractivity (Wildman–Crippen MR) is 128 cm³/mol. The number of carbonyl (C=O) groups excluding carboxylic acids is 2. The number of carbonyl (C=O) groups is 2. The van der Waals surface area contributed by atoms with Crippen LogP contribution in [0, 0.1) is 19.8 Å². The van der Waals surface area contributed by atoms with Crippen LogP contribution in [-0.2, 0) is 4.79 Å². The summed E-state index contributed by atoms with van der Waals surface area (Å²) in [5.41, 5.74) is 3.32. The smallest absolute Gasteiger partial charge is 0.254 e. The maximum atomic E-state index is 13.6. The van der Waals surface area contributed by atoms with E-state index in [9.17, 15) is 9.59 Å². The second kappa shape index (κ2) is 9.02. The number of fused-ring (bicyclic) bond motifs is 1. The summed E-state index contributed by atoms with van der Waals surface area (Å²) >= 11 is 1.74. The fourth-order valence-electron chi connectivity index (χ4n) is 4.39. The first kappa shape index (κ1) is 22.5. The molecule has 0 saturated carbocycles. The van der Waals surface area contributed by atoms with Crippen LogP contribution in [0.3, 0.4) is 0 Å². The van der Waals surface area contributed by atoms with Gasteiger partial charge < -0.3 is 10.2 Å². The number of aryl methyl sites for hydroxylation is 2. The fourth-order valence-corrected chi connectivity index (χ4v) is 5.33. The molecular weight excluding hydrogens is 422 g/mol. The average Bonchev–Trinajstić information content (AvgIpc) is 3.33. The molecule has 0 bridgehead atoms. The minimum absolute atomic E-state index is 0.00339. The molecule has 3 aromatic heterocycles. The van der Waals surface area contributed by atoms with E-state index in [1.165, 1.54) is 9.75 Å². The van der Waals surface area contributed by atoms with Gasteiger partial charge in [0.2, 0.25) is 5.91 Å². The van der Waals surface area contributed by atoms with Crippen molar-refractivity contribution in [2.24, 2.45) is 5.92 Å². The summed E-state index contributed by atoms with van der Waals surface area (Å²) in [6, 6.07) is 4.23. The van der Waals surface area contributed by atoms with Crippen LogP contribution in [0.4, 0.5) is 0 Å². The monoisotopic (exact) mass is 453 g/mol. The van der Waals surface area contributed by atoms with Crippen LogP contribution in [0.25, 0.3) is 22.3 Å². The molecule has 1 fully saturated rings. The highest BCUT2D eigenvalue weighted by Crippen LogP contribution is 2.33. The Kier molecular flexibility index (Phi) is 6.33. The molecule has 1 N–H and O–H groups in total. The van der Waals surface area contributed by atoms with E-state index in [0.29, 0.717) is 31.1 Å². The van der Waals surface area contributed by atoms with Crippen LogP contribution in [-0.4, -0.2) is 51.1 Å². The summed E-state index contributed by atoms with van der Waals surface area (Å²) in [5.74, 6) is 0.442. The molecule has 2 amide bonds. The molecule has 4 heterocycles. The molecule has 0 aromatic carbocycles. The van der Waals surface area contributed by atoms with Crippen LogP contribution in [0.2, 0.25) is 0 Å². The van der Waals surface area contributed by atoms with Gasteiger partial charge in [0.05, 0.1) is 22.8 Å². The van der Waals surface area contributed by atoms with E-state index in [4.69, 9.17) is 4.98 Å². The zero-order chi connectivity index (χ0) is 23.0. The van der Waals surface area contributed by atoms with Crippen LogP contribution < -0.4 is 5.32 Å². The molecule has 1 saturated heterocycles. The predicted octanol–water partition coefficient (Wildman–Crippen LogP) is 4.35. The normalized spacial score (nSPS) is 15.0. The number of hydrogen-bond acceptors (Lipinski definition) is 5. The van der Waals surface area contributed by atoms with Crippen LogP contribution in [0.5, 0.6) is 0 Å². The Hall–Kier alpha value is -2.74. The van der Waals surface area contributed by atoms with Crippen molar-refractivity contribution in [2.75, 3.05) is 19.6 Å². The van der Waals surface area contributed by atoms with Gasteiger partial charge in [-0.05, 0) is 58.6 Å². The SMILES string of the molecule is CC(=O)NCC1CCN(C(=O)c2cc(-c3cc(C)sc3C)nc3c2cnn3C(C)C)CC1. The Bertz CT molecular complexity index is 1150. The molecule has 3 aromatic rings. The summed E-state index contributed by atoms with van der Waals surface area (Å²) in [6.07, 6.45) is 3.55. The number of pyridine rings is 1. The maximum Gasteiger partial charge on any atom is 0.254 e. The minimum atomic E-state index is -0.00339. The lowest BCUT2D eigenvalue weighted by Gasteiger charge is -2.32. The van der Waals surface area contributed by atoms with Gasteiger partial charge in [0.15, 0.2) is 5.65 Å². The van der Waals surface area contributed by atoms with Crippen molar-refractivity contribution in [1.29, 1.82) is 0 Å². The minimum Gasteiger partial charge on any atom is -0.356 e. The Morgan fingerprint density at radius 3 is 2.53 bits per heavy atom. The summed E-state index contributed by atoms with van der Waals surface area (Å²) in [4.78, 5) is 34.1. The molecule has 4 rings (SSSR count). The number of nitrogens with zero attached hydrogens (tertiary/aromatic N) is 4. The highest BCUT2D eigenvalue weighted by Gasteiger charge is 2.27. The van der Waals surface area contributed by atoms with Gasteiger partial charge in [-0.1, -0.05) is 0 Å². The van der Waals surface area contributed by atoms with Crippen molar-refractivity contribution in [3.05, 3.63) is 33.6 Å². The van der Waals surface area contributed by atoms with Gasteiger partial charge in [0.25, 0.3) is 5.91 Å². The van der Waals surface area contributed by atoms with Crippen molar-refractivity contribution < 1.29 is 9.59 Å². The Labute approximate surface area is 192 Å². The van der Waals surface area contributed by atoms with E-state index in [-0.39, 0.29) is 17.9 Å². The van der Waals surface area contributed by atoms with E-state index >= 15 is 0 Å². The van der Waals surface area contributed by atoms with Crippen LogP contribution >= 0.6 is 11.3 Å². The third-order valence-corrected chi connectivity index (χ3v) is 7.11. The van der Waals surface area contributed by atoms with Crippen LogP contribution in [0.1, 0.15) is 59.8 Å². The second-order valence-corrected chi connectivity index (χ2v) is 10.4. The second-order valence-electron chi connectivity index (χ2n) is 8.97. The lowest BCUT2D eigenvalue weighted by atomic mass is 9.96. The Morgan fingerprint density at radius 2 is 1.94 bits per heavy atom. The first-order valence-electron chi connectivity index (χ1n) is 11.2. The first-order chi connectivity index (χ1) is 15.2. The topological polar surface area (TPSA) is 80.1 Å². The Morgan fingerprint density at radius 1 is 1.22 bits per heavy atom. The first-order valence-corrected chi connectivity index (χ1v) is 12.1. The van der Waals surface area contributed by atoms with Crippen molar-refractivity contribution in [2.45, 2.75) is 53.5 Å². The van der Waals surface area contributed by atoms with Crippen molar-refractivity contribution in [1.82, 2.24) is 25.0 Å². The molecule has 1 aliphatic heterocycles. The van der Waals surface area contributed by atoms with Gasteiger partial charge in [0.1, 0.15) is 0 Å². The van der Waals surface area contributed by atoms with E-state index in [1.54, 1.807) is 24.5 Å². The molecule has 0 unspecified atom stereocenters. The quantitative estimate of drug-likeness (QED) is 0.623. The zero-order valence-corrected chi connectivity index (χ0v) is 20.3. The average molecular weight is 454 g/mol. The molecule has 7 nitrogen and oxygen atoms in total.